The van der Waals surface area contributed by atoms with Crippen LogP contribution in [0.4, 0.5) is 0 Å². The standard InChI is InChI=1S/C16H21N3/c17-9-13-4-3-7-19(11-13)12-14-8-15-5-1-2-6-16(15)18-10-14/h1-2,5-6,8,10,13H,3-4,7,9,11-12,17H2. The molecule has 3 heteroatoms. The van der Waals surface area contributed by atoms with Gasteiger partial charge in [-0.1, -0.05) is 18.2 Å². The van der Waals surface area contributed by atoms with Crippen molar-refractivity contribution >= 4 is 10.9 Å². The fourth-order valence-electron chi connectivity index (χ4n) is 2.95. The molecule has 0 bridgehead atoms. The highest BCUT2D eigenvalue weighted by molar-refractivity contribution is 5.78. The molecule has 2 aromatic rings. The van der Waals surface area contributed by atoms with Gasteiger partial charge in [-0.3, -0.25) is 9.88 Å². The van der Waals surface area contributed by atoms with Crippen molar-refractivity contribution in [2.45, 2.75) is 19.4 Å². The highest BCUT2D eigenvalue weighted by Gasteiger charge is 2.18. The average molecular weight is 255 g/mol. The minimum atomic E-state index is 0.669. The molecular formula is C16H21N3. The van der Waals surface area contributed by atoms with Gasteiger partial charge < -0.3 is 5.73 Å². The van der Waals surface area contributed by atoms with E-state index in [9.17, 15) is 0 Å². The molecule has 1 fully saturated rings. The van der Waals surface area contributed by atoms with E-state index < -0.39 is 0 Å². The molecule has 1 aliphatic rings. The van der Waals surface area contributed by atoms with Gasteiger partial charge in [-0.15, -0.1) is 0 Å². The van der Waals surface area contributed by atoms with Crippen LogP contribution in [0.5, 0.6) is 0 Å². The number of piperidine rings is 1. The molecule has 3 nitrogen and oxygen atoms in total. The molecule has 3 rings (SSSR count). The van der Waals surface area contributed by atoms with Crippen LogP contribution >= 0.6 is 0 Å². The number of hydrogen-bond acceptors (Lipinski definition) is 3. The van der Waals surface area contributed by atoms with Gasteiger partial charge in [-0.05, 0) is 49.5 Å². The molecule has 2 N–H and O–H groups in total. The summed E-state index contributed by atoms with van der Waals surface area (Å²) in [6.07, 6.45) is 4.56. The first kappa shape index (κ1) is 12.6. The Hall–Kier alpha value is -1.45. The van der Waals surface area contributed by atoms with Gasteiger partial charge in [-0.25, -0.2) is 0 Å². The van der Waals surface area contributed by atoms with Crippen LogP contribution in [0, 0.1) is 5.92 Å². The zero-order chi connectivity index (χ0) is 13.1. The Kier molecular flexibility index (Phi) is 3.76. The summed E-state index contributed by atoms with van der Waals surface area (Å²) < 4.78 is 0. The highest BCUT2D eigenvalue weighted by Crippen LogP contribution is 2.19. The van der Waals surface area contributed by atoms with E-state index >= 15 is 0 Å². The van der Waals surface area contributed by atoms with E-state index in [-0.39, 0.29) is 0 Å². The number of rotatable bonds is 3. The molecule has 1 atom stereocenters. The highest BCUT2D eigenvalue weighted by atomic mass is 15.1. The second-order valence-electron chi connectivity index (χ2n) is 5.52. The molecule has 100 valence electrons. The maximum absolute atomic E-state index is 5.79. The molecule has 1 aromatic heterocycles. The molecule has 1 unspecified atom stereocenters. The van der Waals surface area contributed by atoms with Gasteiger partial charge in [0.1, 0.15) is 0 Å². The zero-order valence-electron chi connectivity index (χ0n) is 11.3. The second-order valence-corrected chi connectivity index (χ2v) is 5.52. The minimum Gasteiger partial charge on any atom is -0.330 e. The number of para-hydroxylation sites is 1. The van der Waals surface area contributed by atoms with Crippen molar-refractivity contribution in [1.29, 1.82) is 0 Å². The average Bonchev–Trinajstić information content (AvgIpc) is 2.47. The molecule has 1 saturated heterocycles. The summed E-state index contributed by atoms with van der Waals surface area (Å²) in [5.74, 6) is 0.669. The third kappa shape index (κ3) is 2.94. The van der Waals surface area contributed by atoms with Gasteiger partial charge in [0.05, 0.1) is 5.52 Å². The smallest absolute Gasteiger partial charge is 0.0702 e. The minimum absolute atomic E-state index is 0.669. The molecule has 1 aromatic carbocycles. The van der Waals surface area contributed by atoms with E-state index in [0.29, 0.717) is 5.92 Å². The number of benzene rings is 1. The number of aromatic nitrogens is 1. The molecule has 0 saturated carbocycles. The quantitative estimate of drug-likeness (QED) is 0.915. The Labute approximate surface area is 114 Å². The lowest BCUT2D eigenvalue weighted by Crippen LogP contribution is -2.37. The fraction of sp³-hybridized carbons (Fsp3) is 0.438. The molecule has 2 heterocycles. The second kappa shape index (κ2) is 5.68. The number of nitrogens with two attached hydrogens (primary N) is 1. The van der Waals surface area contributed by atoms with Gasteiger partial charge in [0.15, 0.2) is 0 Å². The first-order valence-corrected chi connectivity index (χ1v) is 7.11. The van der Waals surface area contributed by atoms with Gasteiger partial charge in [0.25, 0.3) is 0 Å². The number of pyridine rings is 1. The van der Waals surface area contributed by atoms with Crippen molar-refractivity contribution < 1.29 is 0 Å². The lowest BCUT2D eigenvalue weighted by Gasteiger charge is -2.32. The first-order chi connectivity index (χ1) is 9.35. The first-order valence-electron chi connectivity index (χ1n) is 7.11. The maximum atomic E-state index is 5.79. The Balaban J connectivity index is 1.74. The third-order valence-corrected chi connectivity index (χ3v) is 3.99. The fourth-order valence-corrected chi connectivity index (χ4v) is 2.95. The summed E-state index contributed by atoms with van der Waals surface area (Å²) in [5, 5.41) is 1.23. The lowest BCUT2D eigenvalue weighted by atomic mass is 9.98. The van der Waals surface area contributed by atoms with Crippen LogP contribution in [-0.4, -0.2) is 29.5 Å². The van der Waals surface area contributed by atoms with Crippen LogP contribution < -0.4 is 5.73 Å². The Morgan fingerprint density at radius 3 is 3.11 bits per heavy atom. The Bertz CT molecular complexity index is 552. The van der Waals surface area contributed by atoms with Gasteiger partial charge in [0, 0.05) is 24.7 Å². The van der Waals surface area contributed by atoms with Crippen molar-refractivity contribution in [1.82, 2.24) is 9.88 Å². The molecule has 0 amide bonds. The molecule has 0 spiro atoms. The largest absolute Gasteiger partial charge is 0.330 e. The summed E-state index contributed by atoms with van der Waals surface area (Å²) >= 11 is 0. The normalized spacial score (nSPS) is 20.8. The molecular weight excluding hydrogens is 234 g/mol. The van der Waals surface area contributed by atoms with E-state index in [1.165, 1.54) is 30.3 Å². The van der Waals surface area contributed by atoms with Gasteiger partial charge in [-0.2, -0.15) is 0 Å². The van der Waals surface area contributed by atoms with Crippen molar-refractivity contribution in [3.8, 4) is 0 Å². The van der Waals surface area contributed by atoms with Crippen LogP contribution in [0.15, 0.2) is 36.5 Å². The van der Waals surface area contributed by atoms with Crippen molar-refractivity contribution in [3.05, 3.63) is 42.1 Å². The lowest BCUT2D eigenvalue weighted by molar-refractivity contribution is 0.171. The number of likely N-dealkylation sites (tertiary alicyclic amines) is 1. The van der Waals surface area contributed by atoms with Crippen LogP contribution in [0.2, 0.25) is 0 Å². The molecule has 1 aliphatic heterocycles. The number of nitrogens with zero attached hydrogens (tertiary/aromatic N) is 2. The number of hydrogen-bond donors (Lipinski definition) is 1. The van der Waals surface area contributed by atoms with Crippen LogP contribution in [0.3, 0.4) is 0 Å². The third-order valence-electron chi connectivity index (χ3n) is 3.99. The summed E-state index contributed by atoms with van der Waals surface area (Å²) in [5.41, 5.74) is 8.17. The van der Waals surface area contributed by atoms with Gasteiger partial charge >= 0.3 is 0 Å². The Morgan fingerprint density at radius 2 is 2.21 bits per heavy atom. The predicted molar refractivity (Wildman–Crippen MR) is 78.8 cm³/mol. The summed E-state index contributed by atoms with van der Waals surface area (Å²) in [4.78, 5) is 7.04. The van der Waals surface area contributed by atoms with E-state index in [1.807, 2.05) is 12.3 Å². The van der Waals surface area contributed by atoms with E-state index in [2.05, 4.69) is 34.1 Å². The van der Waals surface area contributed by atoms with Gasteiger partial charge in [0.2, 0.25) is 0 Å². The van der Waals surface area contributed by atoms with Crippen molar-refractivity contribution in [2.24, 2.45) is 11.7 Å². The van der Waals surface area contributed by atoms with E-state index in [0.717, 1.165) is 25.2 Å². The van der Waals surface area contributed by atoms with Crippen molar-refractivity contribution in [3.63, 3.8) is 0 Å². The Morgan fingerprint density at radius 1 is 1.32 bits per heavy atom. The zero-order valence-corrected chi connectivity index (χ0v) is 11.3. The topological polar surface area (TPSA) is 42.1 Å². The van der Waals surface area contributed by atoms with E-state index in [1.54, 1.807) is 0 Å². The molecule has 0 radical (unpaired) electrons. The van der Waals surface area contributed by atoms with E-state index in [4.69, 9.17) is 5.73 Å². The SMILES string of the molecule is NCC1CCCN(Cc2cnc3ccccc3c2)C1. The van der Waals surface area contributed by atoms with Crippen LogP contribution in [0.25, 0.3) is 10.9 Å². The van der Waals surface area contributed by atoms with Crippen LogP contribution in [0.1, 0.15) is 18.4 Å². The maximum Gasteiger partial charge on any atom is 0.0702 e. The monoisotopic (exact) mass is 255 g/mol. The van der Waals surface area contributed by atoms with Crippen molar-refractivity contribution in [2.75, 3.05) is 19.6 Å². The summed E-state index contributed by atoms with van der Waals surface area (Å²) in [6, 6.07) is 10.5. The summed E-state index contributed by atoms with van der Waals surface area (Å²) in [7, 11) is 0. The predicted octanol–water partition coefficient (Wildman–Crippen LogP) is 2.41. The molecule has 0 aliphatic carbocycles. The van der Waals surface area contributed by atoms with Crippen LogP contribution in [-0.2, 0) is 6.54 Å². The summed E-state index contributed by atoms with van der Waals surface area (Å²) in [6.45, 7) is 4.12. The number of fused-ring (bicyclic) bond motifs is 1. The molecule has 19 heavy (non-hydrogen) atoms.